The lowest BCUT2D eigenvalue weighted by Crippen LogP contribution is -2.27. The summed E-state index contributed by atoms with van der Waals surface area (Å²) in [4.78, 5) is 5.00. The predicted molar refractivity (Wildman–Crippen MR) is 140 cm³/mol. The van der Waals surface area contributed by atoms with E-state index in [1.807, 2.05) is 6.20 Å². The van der Waals surface area contributed by atoms with Crippen molar-refractivity contribution in [3.63, 3.8) is 0 Å². The van der Waals surface area contributed by atoms with Crippen LogP contribution < -0.4 is 4.57 Å². The van der Waals surface area contributed by atoms with Crippen molar-refractivity contribution >= 4 is 38.5 Å². The molecule has 0 aliphatic rings. The molecule has 0 atom stereocenters. The van der Waals surface area contributed by atoms with Crippen molar-refractivity contribution in [2.24, 2.45) is 17.9 Å². The van der Waals surface area contributed by atoms with Gasteiger partial charge in [-0.05, 0) is 71.6 Å². The second kappa shape index (κ2) is 7.28. The summed E-state index contributed by atoms with van der Waals surface area (Å²) >= 11 is 0. The van der Waals surface area contributed by atoms with Crippen molar-refractivity contribution in [2.75, 3.05) is 0 Å². The number of imidazole rings is 1. The number of aryl methyl sites for hydroxylation is 2. The lowest BCUT2D eigenvalue weighted by molar-refractivity contribution is -0.617. The second-order valence-electron chi connectivity index (χ2n) is 12.2. The Morgan fingerprint density at radius 3 is 2.24 bits per heavy atom. The van der Waals surface area contributed by atoms with E-state index < -0.39 is 0 Å². The van der Waals surface area contributed by atoms with Crippen molar-refractivity contribution in [3.8, 4) is 0 Å². The van der Waals surface area contributed by atoms with Gasteiger partial charge in [-0.1, -0.05) is 59.7 Å². The van der Waals surface area contributed by atoms with Gasteiger partial charge in [-0.2, -0.15) is 4.40 Å². The Morgan fingerprint density at radius 2 is 1.55 bits per heavy atom. The molecule has 3 aromatic heterocycles. The minimum absolute atomic E-state index is 0.182. The summed E-state index contributed by atoms with van der Waals surface area (Å²) in [5.41, 5.74) is 10.6. The first-order valence-corrected chi connectivity index (χ1v) is 12.1. The normalized spacial score (nSPS) is 13.1. The van der Waals surface area contributed by atoms with E-state index in [2.05, 4.69) is 107 Å². The van der Waals surface area contributed by atoms with Crippen LogP contribution in [0.2, 0.25) is 0 Å². The summed E-state index contributed by atoms with van der Waals surface area (Å²) in [6, 6.07) is 15.8. The number of hydrogen-bond acceptors (Lipinski definition) is 1. The number of aromatic nitrogens is 3. The van der Waals surface area contributed by atoms with Gasteiger partial charge in [0.15, 0.2) is 11.0 Å². The number of nitrogens with zero attached hydrogens (tertiary/aromatic N) is 3. The van der Waals surface area contributed by atoms with Gasteiger partial charge in [-0.3, -0.25) is 4.98 Å². The standard InChI is InChI=1S/C30H36N3/c1-19-13-14-31-27-25(19)28-32(8)22-11-9-10-12-23(22)33(28)24-16-20(17-29(2,3)4)15-21(26(24)27)18-30(5,6)7/h9-16H,17-18H2,1-8H3/q+1. The fraction of sp³-hybridized carbons (Fsp3) is 0.400. The molecule has 0 fully saturated rings. The van der Waals surface area contributed by atoms with Crippen molar-refractivity contribution in [3.05, 3.63) is 65.4 Å². The van der Waals surface area contributed by atoms with Gasteiger partial charge in [0, 0.05) is 6.20 Å². The van der Waals surface area contributed by atoms with Crippen LogP contribution in [0.1, 0.15) is 58.2 Å². The highest BCUT2D eigenvalue weighted by Crippen LogP contribution is 2.37. The van der Waals surface area contributed by atoms with Crippen molar-refractivity contribution in [1.82, 2.24) is 9.38 Å². The van der Waals surface area contributed by atoms with E-state index in [-0.39, 0.29) is 10.8 Å². The van der Waals surface area contributed by atoms with Crippen molar-refractivity contribution in [2.45, 2.75) is 61.3 Å². The third kappa shape index (κ3) is 3.68. The van der Waals surface area contributed by atoms with E-state index >= 15 is 0 Å². The number of rotatable bonds is 2. The average molecular weight is 439 g/mol. The van der Waals surface area contributed by atoms with Crippen LogP contribution in [0.3, 0.4) is 0 Å². The number of pyridine rings is 2. The molecule has 3 heterocycles. The molecule has 5 aromatic rings. The highest BCUT2D eigenvalue weighted by molar-refractivity contribution is 6.13. The third-order valence-corrected chi connectivity index (χ3v) is 6.59. The molecule has 170 valence electrons. The SMILES string of the molecule is Cc1ccnc2c3c(CC(C)(C)C)cc(CC(C)(C)C)cc3n3c4ccccc4[n+](C)c3c12. The predicted octanol–water partition coefficient (Wildman–Crippen LogP) is 7.10. The summed E-state index contributed by atoms with van der Waals surface area (Å²) in [6.07, 6.45) is 4.04. The Morgan fingerprint density at radius 1 is 0.848 bits per heavy atom. The summed E-state index contributed by atoms with van der Waals surface area (Å²) in [5.74, 6) is 0. The van der Waals surface area contributed by atoms with Crippen molar-refractivity contribution in [1.29, 1.82) is 0 Å². The second-order valence-corrected chi connectivity index (χ2v) is 12.2. The van der Waals surface area contributed by atoms with Gasteiger partial charge in [0.05, 0.1) is 23.3 Å². The van der Waals surface area contributed by atoms with Gasteiger partial charge >= 0.3 is 0 Å². The zero-order valence-electron chi connectivity index (χ0n) is 21.4. The maximum atomic E-state index is 5.00. The Balaban J connectivity index is 2.08. The quantitative estimate of drug-likeness (QED) is 0.213. The van der Waals surface area contributed by atoms with Gasteiger partial charge in [0.2, 0.25) is 0 Å². The van der Waals surface area contributed by atoms with E-state index in [1.165, 1.54) is 49.7 Å². The fourth-order valence-corrected chi connectivity index (χ4v) is 5.49. The van der Waals surface area contributed by atoms with Gasteiger partial charge in [0.1, 0.15) is 5.52 Å². The van der Waals surface area contributed by atoms with E-state index in [0.717, 1.165) is 18.4 Å². The molecule has 0 N–H and O–H groups in total. The summed E-state index contributed by atoms with van der Waals surface area (Å²) in [6.45, 7) is 16.2. The van der Waals surface area contributed by atoms with Crippen LogP contribution in [0.5, 0.6) is 0 Å². The van der Waals surface area contributed by atoms with Gasteiger partial charge in [0.25, 0.3) is 5.65 Å². The van der Waals surface area contributed by atoms with Gasteiger partial charge < -0.3 is 0 Å². The molecule has 3 nitrogen and oxygen atoms in total. The molecule has 0 amide bonds. The maximum Gasteiger partial charge on any atom is 0.297 e. The molecule has 3 heteroatoms. The van der Waals surface area contributed by atoms with Crippen LogP contribution in [0, 0.1) is 17.8 Å². The minimum Gasteiger partial charge on any atom is -0.255 e. The van der Waals surface area contributed by atoms with Crippen LogP contribution in [0.15, 0.2) is 48.7 Å². The molecule has 0 unspecified atom stereocenters. The van der Waals surface area contributed by atoms with E-state index in [4.69, 9.17) is 4.98 Å². The first kappa shape index (κ1) is 21.9. The summed E-state index contributed by atoms with van der Waals surface area (Å²) in [5, 5.41) is 2.55. The first-order valence-electron chi connectivity index (χ1n) is 12.1. The van der Waals surface area contributed by atoms with Crippen LogP contribution >= 0.6 is 0 Å². The number of para-hydroxylation sites is 2. The highest BCUT2D eigenvalue weighted by Gasteiger charge is 2.28. The van der Waals surface area contributed by atoms with E-state index in [9.17, 15) is 0 Å². The largest absolute Gasteiger partial charge is 0.297 e. The van der Waals surface area contributed by atoms with Gasteiger partial charge in [-0.25, -0.2) is 4.57 Å². The number of hydrogen-bond donors (Lipinski definition) is 0. The molecular formula is C30H36N3+. The zero-order chi connectivity index (χ0) is 23.7. The Kier molecular flexibility index (Phi) is 4.83. The van der Waals surface area contributed by atoms with Crippen LogP contribution in [-0.4, -0.2) is 9.38 Å². The smallest absolute Gasteiger partial charge is 0.255 e. The molecule has 33 heavy (non-hydrogen) atoms. The van der Waals surface area contributed by atoms with Crippen LogP contribution in [0.4, 0.5) is 0 Å². The van der Waals surface area contributed by atoms with Crippen molar-refractivity contribution < 1.29 is 4.57 Å². The van der Waals surface area contributed by atoms with Gasteiger partial charge in [-0.15, -0.1) is 0 Å². The lowest BCUT2D eigenvalue weighted by atomic mass is 9.82. The zero-order valence-corrected chi connectivity index (χ0v) is 21.4. The molecule has 0 saturated heterocycles. The molecule has 0 saturated carbocycles. The Labute approximate surface area is 197 Å². The molecule has 0 aliphatic carbocycles. The summed E-state index contributed by atoms with van der Waals surface area (Å²) in [7, 11) is 2.18. The lowest BCUT2D eigenvalue weighted by Gasteiger charge is -2.23. The molecule has 0 bridgehead atoms. The Bertz CT molecular complexity index is 1540. The van der Waals surface area contributed by atoms with Crippen LogP contribution in [0.25, 0.3) is 38.5 Å². The fourth-order valence-electron chi connectivity index (χ4n) is 5.49. The molecule has 5 rings (SSSR count). The Hall–Kier alpha value is -2.94. The minimum atomic E-state index is 0.182. The molecule has 0 aliphatic heterocycles. The van der Waals surface area contributed by atoms with E-state index in [1.54, 1.807) is 0 Å². The first-order chi connectivity index (χ1) is 15.4. The third-order valence-electron chi connectivity index (χ3n) is 6.59. The van der Waals surface area contributed by atoms with E-state index in [0.29, 0.717) is 0 Å². The highest BCUT2D eigenvalue weighted by atomic mass is 15.1. The number of benzene rings is 2. The molecule has 2 aromatic carbocycles. The molecule has 0 spiro atoms. The summed E-state index contributed by atoms with van der Waals surface area (Å²) < 4.78 is 4.83. The molecule has 0 radical (unpaired) electrons. The topological polar surface area (TPSA) is 21.2 Å². The van der Waals surface area contributed by atoms with Crippen LogP contribution in [-0.2, 0) is 19.9 Å². The number of fused-ring (bicyclic) bond motifs is 8. The average Bonchev–Trinajstić information content (AvgIpc) is 2.99. The maximum absolute atomic E-state index is 5.00. The molecular weight excluding hydrogens is 402 g/mol. The monoisotopic (exact) mass is 438 g/mol.